The van der Waals surface area contributed by atoms with Gasteiger partial charge in [-0.05, 0) is 31.0 Å². The first-order chi connectivity index (χ1) is 11.5. The first-order valence-corrected chi connectivity index (χ1v) is 9.87. The van der Waals surface area contributed by atoms with E-state index in [1.165, 1.54) is 30.6 Å². The van der Waals surface area contributed by atoms with Gasteiger partial charge in [-0.2, -0.15) is 0 Å². The third kappa shape index (κ3) is 3.52. The van der Waals surface area contributed by atoms with Gasteiger partial charge in [-0.15, -0.1) is 11.3 Å². The van der Waals surface area contributed by atoms with Gasteiger partial charge in [0.25, 0.3) is 0 Å². The van der Waals surface area contributed by atoms with E-state index in [0.717, 1.165) is 30.6 Å². The fraction of sp³-hybridized carbons (Fsp3) is 0.400. The van der Waals surface area contributed by atoms with Crippen LogP contribution >= 0.6 is 11.3 Å². The van der Waals surface area contributed by atoms with E-state index in [9.17, 15) is 12.8 Å². The maximum absolute atomic E-state index is 13.4. The fourth-order valence-corrected chi connectivity index (χ4v) is 4.79. The third-order valence-electron chi connectivity index (χ3n) is 3.97. The lowest BCUT2D eigenvalue weighted by Crippen LogP contribution is -2.40. The Balaban J connectivity index is 1.75. The standard InChI is InChI=1S/C15H18FN3O3S2/c1-22-13-5-4-11(16)9-14(13)24(20,21)18-10-12-3-2-7-19(12)15-17-6-8-23-15/h4-6,8-9,12,18H,2-3,7,10H2,1H3/t12-/m0/s1. The number of sulfonamides is 1. The molecule has 1 atom stereocenters. The molecular formula is C15H18FN3O3S2. The van der Waals surface area contributed by atoms with Crippen LogP contribution in [0.5, 0.6) is 5.75 Å². The molecule has 9 heteroatoms. The number of nitrogens with zero attached hydrogens (tertiary/aromatic N) is 2. The molecule has 2 aromatic rings. The number of halogens is 1. The van der Waals surface area contributed by atoms with Gasteiger partial charge < -0.3 is 9.64 Å². The number of methoxy groups -OCH3 is 1. The van der Waals surface area contributed by atoms with E-state index in [0.29, 0.717) is 0 Å². The number of benzene rings is 1. The van der Waals surface area contributed by atoms with E-state index in [2.05, 4.69) is 14.6 Å². The summed E-state index contributed by atoms with van der Waals surface area (Å²) in [4.78, 5) is 6.20. The number of aromatic nitrogens is 1. The van der Waals surface area contributed by atoms with E-state index >= 15 is 0 Å². The molecule has 1 aromatic carbocycles. The second-order valence-electron chi connectivity index (χ2n) is 5.45. The molecule has 130 valence electrons. The number of hydrogen-bond donors (Lipinski definition) is 1. The molecule has 2 heterocycles. The summed E-state index contributed by atoms with van der Waals surface area (Å²) >= 11 is 1.53. The molecule has 1 N–H and O–H groups in total. The molecule has 0 amide bonds. The maximum Gasteiger partial charge on any atom is 0.244 e. The van der Waals surface area contributed by atoms with Crippen molar-refractivity contribution >= 4 is 26.5 Å². The summed E-state index contributed by atoms with van der Waals surface area (Å²) in [6.07, 6.45) is 3.59. The highest BCUT2D eigenvalue weighted by molar-refractivity contribution is 7.89. The minimum Gasteiger partial charge on any atom is -0.495 e. The lowest BCUT2D eigenvalue weighted by molar-refractivity contribution is 0.400. The van der Waals surface area contributed by atoms with Gasteiger partial charge in [-0.3, -0.25) is 0 Å². The molecule has 1 fully saturated rings. The Labute approximate surface area is 144 Å². The number of hydrogen-bond acceptors (Lipinski definition) is 6. The van der Waals surface area contributed by atoms with Crippen LogP contribution in [0.3, 0.4) is 0 Å². The average molecular weight is 371 g/mol. The minimum absolute atomic E-state index is 0.0329. The van der Waals surface area contributed by atoms with Gasteiger partial charge in [-0.25, -0.2) is 22.5 Å². The number of rotatable bonds is 6. The van der Waals surface area contributed by atoms with Crippen molar-refractivity contribution in [2.24, 2.45) is 0 Å². The Morgan fingerprint density at radius 3 is 3.04 bits per heavy atom. The number of anilines is 1. The van der Waals surface area contributed by atoms with Crippen LogP contribution in [0.1, 0.15) is 12.8 Å². The van der Waals surface area contributed by atoms with Gasteiger partial charge in [0.1, 0.15) is 16.5 Å². The highest BCUT2D eigenvalue weighted by Gasteiger charge is 2.29. The monoisotopic (exact) mass is 371 g/mol. The van der Waals surface area contributed by atoms with E-state index in [1.807, 2.05) is 5.38 Å². The summed E-state index contributed by atoms with van der Waals surface area (Å²) < 4.78 is 46.1. The molecule has 0 spiro atoms. The zero-order valence-corrected chi connectivity index (χ0v) is 14.7. The molecule has 3 rings (SSSR count). The Bertz CT molecular complexity index is 796. The van der Waals surface area contributed by atoms with Crippen molar-refractivity contribution in [3.8, 4) is 5.75 Å². The van der Waals surface area contributed by atoms with E-state index in [1.54, 1.807) is 6.20 Å². The van der Waals surface area contributed by atoms with Crippen molar-refractivity contribution in [2.45, 2.75) is 23.8 Å². The van der Waals surface area contributed by atoms with Crippen molar-refractivity contribution in [1.82, 2.24) is 9.71 Å². The summed E-state index contributed by atoms with van der Waals surface area (Å²) in [5.41, 5.74) is 0. The van der Waals surface area contributed by atoms with E-state index in [4.69, 9.17) is 4.74 Å². The molecule has 1 aliphatic rings. The molecule has 6 nitrogen and oxygen atoms in total. The van der Waals surface area contributed by atoms with Crippen LogP contribution in [-0.4, -0.2) is 39.6 Å². The molecule has 0 radical (unpaired) electrons. The van der Waals surface area contributed by atoms with Gasteiger partial charge in [0.05, 0.1) is 7.11 Å². The highest BCUT2D eigenvalue weighted by Crippen LogP contribution is 2.28. The Morgan fingerprint density at radius 1 is 1.50 bits per heavy atom. The molecule has 0 bridgehead atoms. The van der Waals surface area contributed by atoms with Crippen LogP contribution in [-0.2, 0) is 10.0 Å². The molecule has 1 aromatic heterocycles. The molecule has 0 saturated carbocycles. The summed E-state index contributed by atoms with van der Waals surface area (Å²) in [5.74, 6) is -0.506. The minimum atomic E-state index is -3.86. The Morgan fingerprint density at radius 2 is 2.33 bits per heavy atom. The fourth-order valence-electron chi connectivity index (χ4n) is 2.80. The van der Waals surface area contributed by atoms with Crippen molar-refractivity contribution in [3.63, 3.8) is 0 Å². The molecule has 1 aliphatic heterocycles. The zero-order chi connectivity index (χ0) is 17.2. The van der Waals surface area contributed by atoms with Gasteiger partial charge in [0, 0.05) is 30.7 Å². The molecule has 24 heavy (non-hydrogen) atoms. The third-order valence-corrected chi connectivity index (χ3v) is 6.22. The van der Waals surface area contributed by atoms with Gasteiger partial charge >= 0.3 is 0 Å². The highest BCUT2D eigenvalue weighted by atomic mass is 32.2. The first kappa shape index (κ1) is 17.1. The molecule has 0 aliphatic carbocycles. The smallest absolute Gasteiger partial charge is 0.244 e. The summed E-state index contributed by atoms with van der Waals surface area (Å²) in [7, 11) is -2.51. The van der Waals surface area contributed by atoms with E-state index in [-0.39, 0.29) is 23.2 Å². The molecular weight excluding hydrogens is 353 g/mol. The van der Waals surface area contributed by atoms with Crippen LogP contribution in [0.2, 0.25) is 0 Å². The Kier molecular flexibility index (Phi) is 5.02. The number of nitrogens with one attached hydrogen (secondary N) is 1. The second kappa shape index (κ2) is 7.04. The maximum atomic E-state index is 13.4. The quantitative estimate of drug-likeness (QED) is 0.843. The summed E-state index contributed by atoms with van der Waals surface area (Å²) in [6, 6.07) is 3.47. The lowest BCUT2D eigenvalue weighted by Gasteiger charge is -2.24. The van der Waals surface area contributed by atoms with Gasteiger partial charge in [0.2, 0.25) is 10.0 Å². The normalized spacial score (nSPS) is 18.1. The van der Waals surface area contributed by atoms with E-state index < -0.39 is 15.8 Å². The van der Waals surface area contributed by atoms with Crippen LogP contribution in [0.25, 0.3) is 0 Å². The van der Waals surface area contributed by atoms with Gasteiger partial charge in [-0.1, -0.05) is 0 Å². The average Bonchev–Trinajstić information content (AvgIpc) is 3.24. The molecule has 0 unspecified atom stereocenters. The Hall–Kier alpha value is -1.71. The van der Waals surface area contributed by atoms with Crippen molar-refractivity contribution in [3.05, 3.63) is 35.6 Å². The summed E-state index contributed by atoms with van der Waals surface area (Å²) in [5, 5.41) is 2.78. The van der Waals surface area contributed by atoms with Crippen molar-refractivity contribution < 1.29 is 17.5 Å². The van der Waals surface area contributed by atoms with Crippen LogP contribution in [0, 0.1) is 5.82 Å². The van der Waals surface area contributed by atoms with Gasteiger partial charge in [0.15, 0.2) is 5.13 Å². The predicted octanol–water partition coefficient (Wildman–Crippen LogP) is 2.24. The second-order valence-corrected chi connectivity index (χ2v) is 8.06. The zero-order valence-electron chi connectivity index (χ0n) is 13.1. The lowest BCUT2D eigenvalue weighted by atomic mass is 10.2. The predicted molar refractivity (Wildman–Crippen MR) is 90.6 cm³/mol. The first-order valence-electron chi connectivity index (χ1n) is 7.50. The van der Waals surface area contributed by atoms with Crippen LogP contribution < -0.4 is 14.4 Å². The number of thiazole rings is 1. The van der Waals surface area contributed by atoms with Crippen molar-refractivity contribution in [1.29, 1.82) is 0 Å². The SMILES string of the molecule is COc1ccc(F)cc1S(=O)(=O)NC[C@@H]1CCCN1c1nccs1. The summed E-state index contributed by atoms with van der Waals surface area (Å²) in [6.45, 7) is 1.09. The van der Waals surface area contributed by atoms with Crippen LogP contribution in [0.15, 0.2) is 34.7 Å². The van der Waals surface area contributed by atoms with Crippen molar-refractivity contribution in [2.75, 3.05) is 25.1 Å². The topological polar surface area (TPSA) is 71.5 Å². The number of ether oxygens (including phenoxy) is 1. The van der Waals surface area contributed by atoms with Crippen LogP contribution in [0.4, 0.5) is 9.52 Å². The largest absolute Gasteiger partial charge is 0.495 e. The molecule has 1 saturated heterocycles.